The summed E-state index contributed by atoms with van der Waals surface area (Å²) >= 11 is 8.38. The Bertz CT molecular complexity index is 314. The highest BCUT2D eigenvalue weighted by molar-refractivity contribution is 7.77. The SMILES string of the molecule is CC(C)CN(CC(C)C)C(=O)[S-].CC(C)C[NH2+]CC(C)C.NC(=O)[S-]. The van der Waals surface area contributed by atoms with E-state index in [1.54, 1.807) is 4.90 Å². The Hall–Kier alpha value is -0.660. The Labute approximate surface area is 166 Å². The molecule has 4 N–H and O–H groups in total. The van der Waals surface area contributed by atoms with Gasteiger partial charge in [-0.3, -0.25) is 0 Å². The average molecular weight is 395 g/mol. The fraction of sp³-hybridized carbons (Fsp3) is 0.889. The van der Waals surface area contributed by atoms with E-state index in [1.807, 2.05) is 0 Å². The van der Waals surface area contributed by atoms with Gasteiger partial charge in [0.15, 0.2) is 0 Å². The minimum atomic E-state index is -0.750. The third-order valence-electron chi connectivity index (χ3n) is 2.71. The molecule has 2 amide bonds. The summed E-state index contributed by atoms with van der Waals surface area (Å²) < 4.78 is 0. The van der Waals surface area contributed by atoms with E-state index in [-0.39, 0.29) is 5.24 Å². The Morgan fingerprint density at radius 3 is 1.24 bits per heavy atom. The quantitative estimate of drug-likeness (QED) is 0.620. The monoisotopic (exact) mass is 394 g/mol. The van der Waals surface area contributed by atoms with E-state index < -0.39 is 5.24 Å². The van der Waals surface area contributed by atoms with Crippen LogP contribution in [0.25, 0.3) is 0 Å². The first-order chi connectivity index (χ1) is 11.3. The Kier molecular flexibility index (Phi) is 21.1. The van der Waals surface area contributed by atoms with E-state index >= 15 is 0 Å². The van der Waals surface area contributed by atoms with Crippen molar-refractivity contribution in [3.05, 3.63) is 0 Å². The van der Waals surface area contributed by atoms with E-state index in [1.165, 1.54) is 13.1 Å². The van der Waals surface area contributed by atoms with Gasteiger partial charge in [-0.25, -0.2) is 0 Å². The summed E-state index contributed by atoms with van der Waals surface area (Å²) in [6, 6.07) is 0. The molecule has 0 atom stereocenters. The second-order valence-corrected chi connectivity index (χ2v) is 8.58. The summed E-state index contributed by atoms with van der Waals surface area (Å²) in [5.74, 6) is 2.67. The van der Waals surface area contributed by atoms with Crippen molar-refractivity contribution in [1.82, 2.24) is 4.90 Å². The fourth-order valence-electron chi connectivity index (χ4n) is 1.87. The van der Waals surface area contributed by atoms with Crippen molar-refractivity contribution >= 4 is 35.7 Å². The van der Waals surface area contributed by atoms with Crippen LogP contribution >= 0.6 is 0 Å². The zero-order valence-electron chi connectivity index (χ0n) is 17.4. The van der Waals surface area contributed by atoms with Gasteiger partial charge >= 0.3 is 0 Å². The summed E-state index contributed by atoms with van der Waals surface area (Å²) in [6.45, 7) is 21.5. The average Bonchev–Trinajstić information content (AvgIpc) is 2.35. The van der Waals surface area contributed by atoms with Crippen LogP contribution in [0, 0.1) is 23.7 Å². The minimum absolute atomic E-state index is 0.225. The Balaban J connectivity index is -0.000000328. The fourth-order valence-corrected chi connectivity index (χ4v) is 2.02. The number of hydrogen-bond donors (Lipinski definition) is 2. The second kappa shape index (κ2) is 18.1. The van der Waals surface area contributed by atoms with Crippen molar-refractivity contribution in [2.24, 2.45) is 29.4 Å². The number of quaternary nitrogens is 1. The molecule has 0 rings (SSSR count). The van der Waals surface area contributed by atoms with Gasteiger partial charge < -0.3 is 50.8 Å². The maximum Gasteiger partial charge on any atom is 0.101 e. The lowest BCUT2D eigenvalue weighted by atomic mass is 10.1. The molecular weight excluding hydrogens is 354 g/mol. The molecule has 0 fully saturated rings. The number of carbonyl (C=O) groups excluding carboxylic acids is 2. The van der Waals surface area contributed by atoms with Gasteiger partial charge in [0.2, 0.25) is 0 Å². The van der Waals surface area contributed by atoms with Crippen molar-refractivity contribution in [2.75, 3.05) is 26.2 Å². The summed E-state index contributed by atoms with van der Waals surface area (Å²) in [6.07, 6.45) is 0. The zero-order chi connectivity index (χ0) is 20.6. The van der Waals surface area contributed by atoms with Gasteiger partial charge in [-0.05, 0) is 11.8 Å². The topological polar surface area (TPSA) is 80.0 Å². The molecule has 0 aromatic rings. The number of nitrogens with zero attached hydrogens (tertiary/aromatic N) is 1. The lowest BCUT2D eigenvalue weighted by Gasteiger charge is -2.29. The highest BCUT2D eigenvalue weighted by Crippen LogP contribution is 2.04. The highest BCUT2D eigenvalue weighted by atomic mass is 32.1. The zero-order valence-corrected chi connectivity index (χ0v) is 19.0. The number of carbonyl (C=O) groups is 2. The van der Waals surface area contributed by atoms with Crippen LogP contribution in [0.3, 0.4) is 0 Å². The molecule has 0 saturated carbocycles. The second-order valence-electron chi connectivity index (χ2n) is 7.83. The molecule has 0 aliphatic carbocycles. The number of primary amides is 1. The predicted octanol–water partition coefficient (Wildman–Crippen LogP) is 2.74. The van der Waals surface area contributed by atoms with Gasteiger partial charge in [-0.15, -0.1) is 0 Å². The first kappa shape index (κ1) is 29.1. The molecule has 0 aromatic heterocycles. The van der Waals surface area contributed by atoms with E-state index in [9.17, 15) is 4.79 Å². The van der Waals surface area contributed by atoms with Crippen molar-refractivity contribution in [1.29, 1.82) is 0 Å². The van der Waals surface area contributed by atoms with E-state index in [0.717, 1.165) is 24.9 Å². The molecular formula is C18H40N3O2S2-. The molecule has 0 saturated heterocycles. The third kappa shape index (κ3) is 35.4. The molecule has 0 spiro atoms. The molecule has 25 heavy (non-hydrogen) atoms. The van der Waals surface area contributed by atoms with E-state index in [2.05, 4.69) is 91.7 Å². The number of hydrogen-bond acceptors (Lipinski definition) is 4. The lowest BCUT2D eigenvalue weighted by molar-refractivity contribution is -0.664. The van der Waals surface area contributed by atoms with Crippen LogP contribution in [0.15, 0.2) is 0 Å². The van der Waals surface area contributed by atoms with Gasteiger partial charge in [-0.2, -0.15) is 0 Å². The summed E-state index contributed by atoms with van der Waals surface area (Å²) in [5, 5.41) is 1.42. The van der Waals surface area contributed by atoms with Crippen LogP contribution in [-0.2, 0) is 25.3 Å². The predicted molar refractivity (Wildman–Crippen MR) is 112 cm³/mol. The van der Waals surface area contributed by atoms with Crippen LogP contribution in [-0.4, -0.2) is 41.6 Å². The summed E-state index contributed by atoms with van der Waals surface area (Å²) in [4.78, 5) is 21.7. The number of nitrogens with two attached hydrogens (primary N) is 2. The minimum Gasteiger partial charge on any atom is -0.719 e. The largest absolute Gasteiger partial charge is 0.719 e. The highest BCUT2D eigenvalue weighted by Gasteiger charge is 2.07. The maximum absolute atomic E-state index is 11.0. The number of amides is 2. The lowest BCUT2D eigenvalue weighted by Crippen LogP contribution is -2.86. The van der Waals surface area contributed by atoms with Crippen LogP contribution in [0.5, 0.6) is 0 Å². The van der Waals surface area contributed by atoms with Gasteiger partial charge in [0.1, 0.15) is 5.24 Å². The van der Waals surface area contributed by atoms with Crippen molar-refractivity contribution in [3.63, 3.8) is 0 Å². The molecule has 0 radical (unpaired) electrons. The molecule has 0 aliphatic rings. The van der Waals surface area contributed by atoms with Crippen LogP contribution < -0.4 is 11.1 Å². The molecule has 0 aliphatic heterocycles. The molecule has 0 aromatic carbocycles. The van der Waals surface area contributed by atoms with Crippen LogP contribution in [0.1, 0.15) is 55.4 Å². The Morgan fingerprint density at radius 1 is 0.800 bits per heavy atom. The maximum atomic E-state index is 11.0. The standard InChI is InChI=1S/C9H19NOS.C8H19N.CH3NOS/c1-7(2)5-10(9(11)12)6-8(3)4;1-7(2)5-9-6-8(3)4;2-1(3)4/h7-8H,5-6H2,1-4H3,(H,11,12);7-9H,5-6H2,1-4H3;(H3,2,3,4)/p-1. The van der Waals surface area contributed by atoms with Crippen molar-refractivity contribution in [3.8, 4) is 0 Å². The molecule has 0 heterocycles. The summed E-state index contributed by atoms with van der Waals surface area (Å²) in [5.41, 5.74) is 4.29. The normalized spacial score (nSPS) is 10.2. The Morgan fingerprint density at radius 2 is 1.08 bits per heavy atom. The van der Waals surface area contributed by atoms with Crippen LogP contribution in [0.4, 0.5) is 9.59 Å². The summed E-state index contributed by atoms with van der Waals surface area (Å²) in [7, 11) is 0. The molecule has 5 nitrogen and oxygen atoms in total. The van der Waals surface area contributed by atoms with Gasteiger partial charge in [0.05, 0.1) is 18.3 Å². The molecule has 152 valence electrons. The third-order valence-corrected chi connectivity index (χ3v) is 2.96. The van der Waals surface area contributed by atoms with E-state index in [0.29, 0.717) is 11.8 Å². The van der Waals surface area contributed by atoms with Crippen LogP contribution in [0.2, 0.25) is 0 Å². The van der Waals surface area contributed by atoms with Gasteiger partial charge in [0.25, 0.3) is 0 Å². The molecule has 0 bridgehead atoms. The van der Waals surface area contributed by atoms with Gasteiger partial charge in [0, 0.05) is 24.9 Å². The van der Waals surface area contributed by atoms with E-state index in [4.69, 9.17) is 4.79 Å². The first-order valence-electron chi connectivity index (χ1n) is 9.03. The van der Waals surface area contributed by atoms with Crippen molar-refractivity contribution < 1.29 is 14.9 Å². The van der Waals surface area contributed by atoms with Crippen molar-refractivity contribution in [2.45, 2.75) is 55.4 Å². The van der Waals surface area contributed by atoms with Gasteiger partial charge in [-0.1, -0.05) is 55.4 Å². The first-order valence-corrected chi connectivity index (χ1v) is 9.85. The number of rotatable bonds is 8. The molecule has 7 heteroatoms. The molecule has 0 unspecified atom stereocenters. The smallest absolute Gasteiger partial charge is 0.101 e.